The van der Waals surface area contributed by atoms with Crippen molar-refractivity contribution in [2.75, 3.05) is 27.2 Å². The highest BCUT2D eigenvalue weighted by molar-refractivity contribution is 6.50. The average molecular weight is 523 g/mol. The number of amides is 1. The van der Waals surface area contributed by atoms with E-state index in [1.165, 1.54) is 12.1 Å². The number of nitrogens with zero attached hydrogens (tertiary/aromatic N) is 4. The summed E-state index contributed by atoms with van der Waals surface area (Å²) in [5, 5.41) is 0. The Balaban J connectivity index is 1.92. The minimum atomic E-state index is -5.04. The Morgan fingerprint density at radius 3 is 2.35 bits per heavy atom. The average Bonchev–Trinajstić information content (AvgIpc) is 2.81. The van der Waals surface area contributed by atoms with Crippen molar-refractivity contribution in [2.24, 2.45) is 21.5 Å². The number of carbonyl (C=O) groups excluding carboxylic acids is 2. The van der Waals surface area contributed by atoms with E-state index in [4.69, 9.17) is 16.2 Å². The molecule has 0 saturated heterocycles. The lowest BCUT2D eigenvalue weighted by atomic mass is 9.89. The molecule has 1 aromatic carbocycles. The standard InChI is InChI=1S/C24H26F4N6O3/c1-34(2)10-3-11-37-18-9-6-15(13-31-18)19-20(24(26,27)28)33-23(30,21(32-19)22(29)36)12-17(35)14-4-7-16(25)8-5-14/h4-9,13,21H,3,10-12,30H2,1-2H3,(H2,29,36). The van der Waals surface area contributed by atoms with Crippen LogP contribution in [-0.2, 0) is 4.79 Å². The Bertz CT molecular complexity index is 1200. The zero-order valence-corrected chi connectivity index (χ0v) is 20.1. The van der Waals surface area contributed by atoms with Crippen molar-refractivity contribution in [3.63, 3.8) is 0 Å². The number of rotatable bonds is 10. The van der Waals surface area contributed by atoms with Crippen LogP contribution in [0.2, 0.25) is 0 Å². The lowest BCUT2D eigenvalue weighted by Crippen LogP contribution is -2.59. The van der Waals surface area contributed by atoms with Gasteiger partial charge in [0.25, 0.3) is 0 Å². The van der Waals surface area contributed by atoms with Crippen LogP contribution < -0.4 is 16.2 Å². The van der Waals surface area contributed by atoms with Crippen molar-refractivity contribution in [3.05, 3.63) is 59.5 Å². The summed E-state index contributed by atoms with van der Waals surface area (Å²) in [6.07, 6.45) is -4.05. The van der Waals surface area contributed by atoms with Gasteiger partial charge >= 0.3 is 6.18 Å². The second-order valence-electron chi connectivity index (χ2n) is 8.73. The van der Waals surface area contributed by atoms with E-state index in [1.54, 1.807) is 0 Å². The quantitative estimate of drug-likeness (QED) is 0.279. The number of primary amides is 1. The Labute approximate surface area is 210 Å². The molecule has 3 rings (SSSR count). The fourth-order valence-electron chi connectivity index (χ4n) is 3.64. The summed E-state index contributed by atoms with van der Waals surface area (Å²) >= 11 is 0. The number of ketones is 1. The summed E-state index contributed by atoms with van der Waals surface area (Å²) in [6.45, 7) is 1.13. The first-order chi connectivity index (χ1) is 17.3. The fraction of sp³-hybridized carbons (Fsp3) is 0.375. The summed E-state index contributed by atoms with van der Waals surface area (Å²) in [6, 6.07) is 5.16. The molecule has 198 valence electrons. The molecule has 0 aliphatic carbocycles. The molecule has 2 aromatic rings. The minimum Gasteiger partial charge on any atom is -0.478 e. The lowest BCUT2D eigenvalue weighted by Gasteiger charge is -2.34. The predicted molar refractivity (Wildman–Crippen MR) is 128 cm³/mol. The third kappa shape index (κ3) is 6.95. The maximum absolute atomic E-state index is 14.0. The number of Topliss-reactive ketones (excluding diaryl/α,β-unsaturated/α-hetero) is 1. The number of carbonyl (C=O) groups is 2. The lowest BCUT2D eigenvalue weighted by molar-refractivity contribution is -0.120. The summed E-state index contributed by atoms with van der Waals surface area (Å²) in [4.78, 5) is 38.4. The molecule has 0 radical (unpaired) electrons. The van der Waals surface area contributed by atoms with Gasteiger partial charge in [0.15, 0.2) is 17.5 Å². The Morgan fingerprint density at radius 1 is 1.14 bits per heavy atom. The third-order valence-corrected chi connectivity index (χ3v) is 5.43. The van der Waals surface area contributed by atoms with Crippen LogP contribution in [-0.4, -0.2) is 78.1 Å². The first-order valence-electron chi connectivity index (χ1n) is 11.2. The van der Waals surface area contributed by atoms with E-state index in [2.05, 4.69) is 15.0 Å². The highest BCUT2D eigenvalue weighted by atomic mass is 19.4. The van der Waals surface area contributed by atoms with Gasteiger partial charge in [-0.2, -0.15) is 13.2 Å². The van der Waals surface area contributed by atoms with E-state index in [0.29, 0.717) is 13.0 Å². The summed E-state index contributed by atoms with van der Waals surface area (Å²) in [5.41, 5.74) is 6.76. The van der Waals surface area contributed by atoms with Gasteiger partial charge < -0.3 is 21.1 Å². The molecule has 1 amide bonds. The normalized spacial score (nSPS) is 19.8. The van der Waals surface area contributed by atoms with Crippen LogP contribution in [0.4, 0.5) is 17.6 Å². The molecule has 1 aliphatic rings. The van der Waals surface area contributed by atoms with Gasteiger partial charge in [0.05, 0.1) is 18.7 Å². The van der Waals surface area contributed by atoms with Gasteiger partial charge in [0.1, 0.15) is 11.5 Å². The summed E-state index contributed by atoms with van der Waals surface area (Å²) in [7, 11) is 3.82. The van der Waals surface area contributed by atoms with Crippen LogP contribution in [0.1, 0.15) is 28.8 Å². The van der Waals surface area contributed by atoms with Gasteiger partial charge in [0, 0.05) is 29.9 Å². The van der Waals surface area contributed by atoms with Gasteiger partial charge in [0.2, 0.25) is 11.8 Å². The van der Waals surface area contributed by atoms with Gasteiger partial charge in [-0.25, -0.2) is 9.37 Å². The maximum atomic E-state index is 14.0. The predicted octanol–water partition coefficient (Wildman–Crippen LogP) is 2.14. The van der Waals surface area contributed by atoms with E-state index in [1.807, 2.05) is 19.0 Å². The smallest absolute Gasteiger partial charge is 0.435 e. The van der Waals surface area contributed by atoms with Gasteiger partial charge in [-0.05, 0) is 50.8 Å². The topological polar surface area (TPSA) is 136 Å². The molecular formula is C24H26F4N6O3. The van der Waals surface area contributed by atoms with Gasteiger partial charge in [-0.15, -0.1) is 0 Å². The molecule has 2 heterocycles. The molecule has 9 nitrogen and oxygen atoms in total. The molecule has 0 fully saturated rings. The second-order valence-corrected chi connectivity index (χ2v) is 8.73. The number of halogens is 4. The highest BCUT2D eigenvalue weighted by Crippen LogP contribution is 2.31. The van der Waals surface area contributed by atoms with Crippen LogP contribution in [0, 0.1) is 5.82 Å². The largest absolute Gasteiger partial charge is 0.478 e. The summed E-state index contributed by atoms with van der Waals surface area (Å²) in [5.74, 6) is -2.37. The van der Waals surface area contributed by atoms with E-state index in [9.17, 15) is 27.2 Å². The van der Waals surface area contributed by atoms with Crippen molar-refractivity contribution in [2.45, 2.75) is 30.7 Å². The maximum Gasteiger partial charge on any atom is 0.435 e. The SMILES string of the molecule is CN(C)CCCOc1ccc(C2=NC(C(N)=O)C(N)(CC(=O)c3ccc(F)cc3)N=C2C(F)(F)F)cn1. The van der Waals surface area contributed by atoms with Crippen LogP contribution in [0.15, 0.2) is 52.6 Å². The third-order valence-electron chi connectivity index (χ3n) is 5.43. The molecular weight excluding hydrogens is 496 g/mol. The van der Waals surface area contributed by atoms with E-state index < -0.39 is 53.2 Å². The number of aromatic nitrogens is 1. The molecule has 4 N–H and O–H groups in total. The Hall–Kier alpha value is -3.71. The molecule has 0 spiro atoms. The summed E-state index contributed by atoms with van der Waals surface area (Å²) < 4.78 is 60.8. The zero-order chi connectivity index (χ0) is 27.4. The van der Waals surface area contributed by atoms with Crippen LogP contribution >= 0.6 is 0 Å². The minimum absolute atomic E-state index is 0.0293. The number of hydrogen-bond donors (Lipinski definition) is 2. The number of alkyl halides is 3. The van der Waals surface area contributed by atoms with Crippen LogP contribution in [0.5, 0.6) is 5.88 Å². The number of ether oxygens (including phenoxy) is 1. The first-order valence-corrected chi connectivity index (χ1v) is 11.2. The zero-order valence-electron chi connectivity index (χ0n) is 20.1. The number of nitrogens with two attached hydrogens (primary N) is 2. The van der Waals surface area contributed by atoms with Crippen molar-refractivity contribution < 1.29 is 31.9 Å². The molecule has 2 unspecified atom stereocenters. The molecule has 37 heavy (non-hydrogen) atoms. The number of benzene rings is 1. The second kappa shape index (κ2) is 11.1. The van der Waals surface area contributed by atoms with E-state index in [0.717, 1.165) is 37.0 Å². The van der Waals surface area contributed by atoms with Gasteiger partial charge in [-0.3, -0.25) is 19.6 Å². The molecule has 0 saturated carbocycles. The Morgan fingerprint density at radius 2 is 1.81 bits per heavy atom. The van der Waals surface area contributed by atoms with Crippen LogP contribution in [0.25, 0.3) is 0 Å². The highest BCUT2D eigenvalue weighted by Gasteiger charge is 2.50. The van der Waals surface area contributed by atoms with E-state index >= 15 is 0 Å². The van der Waals surface area contributed by atoms with Crippen molar-refractivity contribution >= 4 is 23.1 Å². The van der Waals surface area contributed by atoms with Gasteiger partial charge in [-0.1, -0.05) is 0 Å². The molecule has 0 bridgehead atoms. The molecule has 2 atom stereocenters. The van der Waals surface area contributed by atoms with Crippen molar-refractivity contribution in [3.8, 4) is 5.88 Å². The number of pyridine rings is 1. The molecule has 1 aliphatic heterocycles. The first kappa shape index (κ1) is 27.9. The Kier molecular flexibility index (Phi) is 8.39. The number of hydrogen-bond acceptors (Lipinski definition) is 8. The van der Waals surface area contributed by atoms with Crippen molar-refractivity contribution in [1.82, 2.24) is 9.88 Å². The number of aliphatic imine (C=N–C) groups is 2. The van der Waals surface area contributed by atoms with Crippen LogP contribution in [0.3, 0.4) is 0 Å². The van der Waals surface area contributed by atoms with Crippen molar-refractivity contribution in [1.29, 1.82) is 0 Å². The fourth-order valence-corrected chi connectivity index (χ4v) is 3.64. The monoisotopic (exact) mass is 522 g/mol. The molecule has 13 heteroatoms. The molecule has 1 aromatic heterocycles. The van der Waals surface area contributed by atoms with E-state index in [-0.39, 0.29) is 17.0 Å².